The molecule has 0 radical (unpaired) electrons. The Kier molecular flexibility index (Phi) is 4.32. The molecule has 0 spiro atoms. The molecule has 0 saturated heterocycles. The lowest BCUT2D eigenvalue weighted by Gasteiger charge is -2.52. The topological polar surface area (TPSA) is 29.3 Å². The quantitative estimate of drug-likeness (QED) is 0.841. The van der Waals surface area contributed by atoms with Gasteiger partial charge in [0.05, 0.1) is 0 Å². The van der Waals surface area contributed by atoms with Gasteiger partial charge in [0.1, 0.15) is 0 Å². The molecule has 2 rings (SSSR count). The van der Waals surface area contributed by atoms with Gasteiger partial charge in [0.2, 0.25) is 0 Å². The smallest absolute Gasteiger partial charge is 0.0334 e. The van der Waals surface area contributed by atoms with Gasteiger partial charge in [-0.25, -0.2) is 0 Å². The van der Waals surface area contributed by atoms with Crippen molar-refractivity contribution in [1.29, 1.82) is 0 Å². The lowest BCUT2D eigenvalue weighted by atomic mass is 9.71. The molecule has 2 heteroatoms. The monoisotopic (exact) mass is 266 g/mol. The molecular weight excluding hydrogens is 232 g/mol. The lowest BCUT2D eigenvalue weighted by molar-refractivity contribution is -0.00954. The molecular formula is C17H34N2. The van der Waals surface area contributed by atoms with Crippen molar-refractivity contribution in [3.63, 3.8) is 0 Å². The molecule has 112 valence electrons. The third-order valence-corrected chi connectivity index (χ3v) is 6.11. The Morgan fingerprint density at radius 2 is 1.84 bits per heavy atom. The number of hydrogen-bond acceptors (Lipinski definition) is 2. The second kappa shape index (κ2) is 5.37. The highest BCUT2D eigenvalue weighted by molar-refractivity contribution is 5.01. The highest BCUT2D eigenvalue weighted by atomic mass is 15.2. The molecule has 3 atom stereocenters. The zero-order chi connectivity index (χ0) is 14.3. The molecule has 2 aliphatic rings. The summed E-state index contributed by atoms with van der Waals surface area (Å²) >= 11 is 0. The van der Waals surface area contributed by atoms with Crippen LogP contribution in [0.15, 0.2) is 0 Å². The SMILES string of the molecule is CC(N(C)C1(CN)CCCC(C2CC2)C1)C(C)(C)C. The van der Waals surface area contributed by atoms with E-state index < -0.39 is 0 Å². The van der Waals surface area contributed by atoms with E-state index in [1.54, 1.807) is 0 Å². The summed E-state index contributed by atoms with van der Waals surface area (Å²) in [6.45, 7) is 10.2. The maximum absolute atomic E-state index is 6.26. The molecule has 3 unspecified atom stereocenters. The van der Waals surface area contributed by atoms with Gasteiger partial charge >= 0.3 is 0 Å². The largest absolute Gasteiger partial charge is 0.329 e. The van der Waals surface area contributed by atoms with E-state index in [4.69, 9.17) is 5.73 Å². The van der Waals surface area contributed by atoms with Gasteiger partial charge in [-0.15, -0.1) is 0 Å². The highest BCUT2D eigenvalue weighted by Crippen LogP contribution is 2.48. The van der Waals surface area contributed by atoms with Crippen molar-refractivity contribution in [2.75, 3.05) is 13.6 Å². The Morgan fingerprint density at radius 3 is 2.32 bits per heavy atom. The van der Waals surface area contributed by atoms with Crippen molar-refractivity contribution in [1.82, 2.24) is 4.90 Å². The molecule has 0 aromatic rings. The Bertz CT molecular complexity index is 303. The van der Waals surface area contributed by atoms with Crippen LogP contribution in [-0.4, -0.2) is 30.1 Å². The van der Waals surface area contributed by atoms with Gasteiger partial charge in [0, 0.05) is 18.1 Å². The third kappa shape index (κ3) is 3.16. The molecule has 2 saturated carbocycles. The zero-order valence-corrected chi connectivity index (χ0v) is 13.7. The van der Waals surface area contributed by atoms with E-state index in [1.807, 2.05) is 0 Å². The maximum Gasteiger partial charge on any atom is 0.0334 e. The summed E-state index contributed by atoms with van der Waals surface area (Å²) in [4.78, 5) is 2.63. The van der Waals surface area contributed by atoms with Gasteiger partial charge < -0.3 is 5.73 Å². The first-order valence-electron chi connectivity index (χ1n) is 8.23. The van der Waals surface area contributed by atoms with E-state index in [2.05, 4.69) is 39.6 Å². The number of likely N-dealkylation sites (N-methyl/N-ethyl adjacent to an activating group) is 1. The fourth-order valence-electron chi connectivity index (χ4n) is 4.00. The molecule has 2 nitrogen and oxygen atoms in total. The molecule has 0 aliphatic heterocycles. The summed E-state index contributed by atoms with van der Waals surface area (Å²) in [7, 11) is 2.32. The van der Waals surface area contributed by atoms with Crippen molar-refractivity contribution < 1.29 is 0 Å². The summed E-state index contributed by atoms with van der Waals surface area (Å²) in [6, 6.07) is 0.578. The van der Waals surface area contributed by atoms with E-state index in [1.165, 1.54) is 38.5 Å². The van der Waals surface area contributed by atoms with Crippen molar-refractivity contribution >= 4 is 0 Å². The van der Waals surface area contributed by atoms with Crippen LogP contribution in [0.4, 0.5) is 0 Å². The van der Waals surface area contributed by atoms with Gasteiger partial charge in [-0.2, -0.15) is 0 Å². The van der Waals surface area contributed by atoms with Gasteiger partial charge in [-0.1, -0.05) is 33.6 Å². The molecule has 0 aromatic heterocycles. The number of hydrogen-bond donors (Lipinski definition) is 1. The van der Waals surface area contributed by atoms with Crippen LogP contribution in [-0.2, 0) is 0 Å². The lowest BCUT2D eigenvalue weighted by Crippen LogP contribution is -2.60. The summed E-state index contributed by atoms with van der Waals surface area (Å²) in [6.07, 6.45) is 8.41. The molecule has 2 N–H and O–H groups in total. The summed E-state index contributed by atoms with van der Waals surface area (Å²) in [5.74, 6) is 1.98. The van der Waals surface area contributed by atoms with Crippen LogP contribution in [0.5, 0.6) is 0 Å². The van der Waals surface area contributed by atoms with E-state index >= 15 is 0 Å². The first kappa shape index (κ1) is 15.3. The summed E-state index contributed by atoms with van der Waals surface area (Å²) in [5, 5.41) is 0. The van der Waals surface area contributed by atoms with Crippen LogP contribution in [0.1, 0.15) is 66.2 Å². The van der Waals surface area contributed by atoms with Crippen molar-refractivity contribution in [3.05, 3.63) is 0 Å². The predicted molar refractivity (Wildman–Crippen MR) is 83.1 cm³/mol. The number of nitrogens with zero attached hydrogens (tertiary/aromatic N) is 1. The fourth-order valence-corrected chi connectivity index (χ4v) is 4.00. The van der Waals surface area contributed by atoms with Gasteiger partial charge in [-0.05, 0) is 56.9 Å². The van der Waals surface area contributed by atoms with Crippen LogP contribution < -0.4 is 5.73 Å². The Hall–Kier alpha value is -0.0800. The normalized spacial score (nSPS) is 34.6. The fraction of sp³-hybridized carbons (Fsp3) is 1.00. The molecule has 2 fully saturated rings. The molecule has 0 heterocycles. The van der Waals surface area contributed by atoms with Gasteiger partial charge in [-0.3, -0.25) is 4.90 Å². The first-order chi connectivity index (χ1) is 8.80. The maximum atomic E-state index is 6.26. The van der Waals surface area contributed by atoms with Crippen molar-refractivity contribution in [2.24, 2.45) is 23.0 Å². The average molecular weight is 266 g/mol. The summed E-state index contributed by atoms with van der Waals surface area (Å²) in [5.41, 5.74) is 6.85. The van der Waals surface area contributed by atoms with E-state index in [0.717, 1.165) is 18.4 Å². The average Bonchev–Trinajstić information content (AvgIpc) is 3.20. The van der Waals surface area contributed by atoms with E-state index in [0.29, 0.717) is 11.5 Å². The number of rotatable bonds is 4. The van der Waals surface area contributed by atoms with E-state index in [-0.39, 0.29) is 5.54 Å². The number of nitrogens with two attached hydrogens (primary N) is 1. The molecule has 0 aromatic carbocycles. The molecule has 2 aliphatic carbocycles. The van der Waals surface area contributed by atoms with Crippen LogP contribution in [0, 0.1) is 17.3 Å². The van der Waals surface area contributed by atoms with E-state index in [9.17, 15) is 0 Å². The Balaban J connectivity index is 2.11. The molecule has 19 heavy (non-hydrogen) atoms. The predicted octanol–water partition coefficient (Wildman–Crippen LogP) is 3.65. The molecule has 0 bridgehead atoms. The van der Waals surface area contributed by atoms with Gasteiger partial charge in [0.25, 0.3) is 0 Å². The van der Waals surface area contributed by atoms with Crippen molar-refractivity contribution in [3.8, 4) is 0 Å². The molecule has 0 amide bonds. The van der Waals surface area contributed by atoms with Crippen molar-refractivity contribution in [2.45, 2.75) is 77.8 Å². The summed E-state index contributed by atoms with van der Waals surface area (Å²) < 4.78 is 0. The second-order valence-corrected chi connectivity index (χ2v) is 8.28. The van der Waals surface area contributed by atoms with Crippen LogP contribution in [0.2, 0.25) is 0 Å². The second-order valence-electron chi connectivity index (χ2n) is 8.28. The van der Waals surface area contributed by atoms with Crippen LogP contribution >= 0.6 is 0 Å². The first-order valence-corrected chi connectivity index (χ1v) is 8.23. The standard InChI is InChI=1S/C17H34N2/c1-13(16(2,3)4)19(5)17(12-18)10-6-7-15(11-17)14-8-9-14/h13-15H,6-12,18H2,1-5H3. The Labute approximate surface area is 120 Å². The minimum absolute atomic E-state index is 0.262. The van der Waals surface area contributed by atoms with Gasteiger partial charge in [0.15, 0.2) is 0 Å². The minimum Gasteiger partial charge on any atom is -0.329 e. The zero-order valence-electron chi connectivity index (χ0n) is 13.7. The minimum atomic E-state index is 0.262. The Morgan fingerprint density at radius 1 is 1.21 bits per heavy atom. The highest BCUT2D eigenvalue weighted by Gasteiger charge is 2.45. The van der Waals surface area contributed by atoms with Crippen LogP contribution in [0.3, 0.4) is 0 Å². The third-order valence-electron chi connectivity index (χ3n) is 6.11. The van der Waals surface area contributed by atoms with Crippen LogP contribution in [0.25, 0.3) is 0 Å².